The second-order valence-corrected chi connectivity index (χ2v) is 2.98. The summed E-state index contributed by atoms with van der Waals surface area (Å²) in [5.74, 6) is -0.474. The maximum atomic E-state index is 11.2. The third-order valence-electron chi connectivity index (χ3n) is 2.00. The second-order valence-electron chi connectivity index (χ2n) is 2.98. The summed E-state index contributed by atoms with van der Waals surface area (Å²) < 4.78 is 1.51. The van der Waals surface area contributed by atoms with E-state index in [9.17, 15) is 9.59 Å². The van der Waals surface area contributed by atoms with Gasteiger partial charge >= 0.3 is 5.97 Å². The van der Waals surface area contributed by atoms with Crippen LogP contribution in [0.5, 0.6) is 0 Å². The lowest BCUT2D eigenvalue weighted by atomic mass is 10.3. The van der Waals surface area contributed by atoms with Gasteiger partial charge in [0.05, 0.1) is 13.0 Å². The molecule has 0 aromatic rings. The van der Waals surface area contributed by atoms with Crippen molar-refractivity contribution in [1.29, 1.82) is 0 Å². The Morgan fingerprint density at radius 3 is 3.07 bits per heavy atom. The SMILES string of the molecule is O=C(O)CCn1[nH]cc2c(=O)ncnc1-2. The molecule has 2 heterocycles. The molecule has 2 aliphatic rings. The zero-order chi connectivity index (χ0) is 10.8. The number of aromatic amines is 1. The number of aryl methyl sites for hydroxylation is 1. The molecule has 0 saturated carbocycles. The standard InChI is InChI=1S/C8H8N4O3/c13-6(14)1-2-12-7-5(3-11-12)8(15)10-4-9-7/h3-4,11H,1-2H2,(H,13,14). The van der Waals surface area contributed by atoms with Crippen molar-refractivity contribution in [1.82, 2.24) is 19.7 Å². The number of hydrogen-bond acceptors (Lipinski definition) is 4. The van der Waals surface area contributed by atoms with E-state index in [2.05, 4.69) is 15.1 Å². The molecule has 2 aliphatic heterocycles. The van der Waals surface area contributed by atoms with E-state index in [4.69, 9.17) is 5.11 Å². The van der Waals surface area contributed by atoms with Gasteiger partial charge in [0.2, 0.25) is 0 Å². The summed E-state index contributed by atoms with van der Waals surface area (Å²) in [6.45, 7) is 0.245. The zero-order valence-electron chi connectivity index (χ0n) is 7.67. The number of nitrogens with zero attached hydrogens (tertiary/aromatic N) is 3. The Hall–Kier alpha value is -2.18. The predicted molar refractivity (Wildman–Crippen MR) is 49.5 cm³/mol. The number of hydrogen-bond donors (Lipinski definition) is 2. The Morgan fingerprint density at radius 1 is 1.53 bits per heavy atom. The van der Waals surface area contributed by atoms with Crippen LogP contribution in [-0.2, 0) is 11.3 Å². The second kappa shape index (κ2) is 3.52. The Kier molecular flexibility index (Phi) is 2.20. The lowest BCUT2D eigenvalue weighted by Gasteiger charge is -2.02. The van der Waals surface area contributed by atoms with Gasteiger partial charge in [-0.25, -0.2) is 4.98 Å². The number of carbonyl (C=O) groups is 1. The van der Waals surface area contributed by atoms with Crippen molar-refractivity contribution in [2.24, 2.45) is 0 Å². The van der Waals surface area contributed by atoms with E-state index < -0.39 is 5.97 Å². The first-order chi connectivity index (χ1) is 7.18. The van der Waals surface area contributed by atoms with Gasteiger partial charge < -0.3 is 10.2 Å². The summed E-state index contributed by atoms with van der Waals surface area (Å²) in [5, 5.41) is 11.3. The third-order valence-corrected chi connectivity index (χ3v) is 2.00. The van der Waals surface area contributed by atoms with Gasteiger partial charge in [-0.05, 0) is 0 Å². The van der Waals surface area contributed by atoms with Crippen LogP contribution in [0.3, 0.4) is 0 Å². The quantitative estimate of drug-likeness (QED) is 0.711. The van der Waals surface area contributed by atoms with Crippen LogP contribution >= 0.6 is 0 Å². The van der Waals surface area contributed by atoms with Crippen LogP contribution in [0.25, 0.3) is 11.4 Å². The van der Waals surface area contributed by atoms with E-state index in [-0.39, 0.29) is 18.5 Å². The van der Waals surface area contributed by atoms with Crippen LogP contribution in [0, 0.1) is 0 Å². The molecule has 0 aromatic heterocycles. The molecule has 2 N–H and O–H groups in total. The number of carboxylic acids is 1. The number of nitrogens with one attached hydrogen (secondary N) is 1. The van der Waals surface area contributed by atoms with Crippen LogP contribution in [0.4, 0.5) is 0 Å². The van der Waals surface area contributed by atoms with E-state index in [1.165, 1.54) is 10.9 Å². The molecule has 0 radical (unpaired) electrons. The minimum atomic E-state index is -0.901. The smallest absolute Gasteiger partial charge is 0.305 e. The van der Waals surface area contributed by atoms with Crippen LogP contribution in [0.2, 0.25) is 0 Å². The summed E-state index contributed by atoms with van der Waals surface area (Å²) >= 11 is 0. The molecule has 7 heteroatoms. The summed E-state index contributed by atoms with van der Waals surface area (Å²) in [6, 6.07) is 0. The average molecular weight is 208 g/mol. The Balaban J connectivity index is 2.33. The number of aromatic nitrogens is 4. The van der Waals surface area contributed by atoms with Crippen LogP contribution in [-0.4, -0.2) is 30.8 Å². The fourth-order valence-electron chi connectivity index (χ4n) is 1.29. The number of carboxylic acid groups (broad SMARTS) is 1. The largest absolute Gasteiger partial charge is 0.481 e. The average Bonchev–Trinajstić information content (AvgIpc) is 2.59. The van der Waals surface area contributed by atoms with Crippen molar-refractivity contribution >= 4 is 5.97 Å². The molecule has 0 bridgehead atoms. The monoisotopic (exact) mass is 208 g/mol. The number of rotatable bonds is 3. The maximum absolute atomic E-state index is 11.2. The molecule has 78 valence electrons. The molecule has 0 fully saturated rings. The van der Waals surface area contributed by atoms with E-state index >= 15 is 0 Å². The van der Waals surface area contributed by atoms with E-state index in [0.717, 1.165) is 6.33 Å². The lowest BCUT2D eigenvalue weighted by Crippen LogP contribution is -2.13. The van der Waals surface area contributed by atoms with Gasteiger partial charge in [-0.15, -0.1) is 0 Å². The number of fused-ring (bicyclic) bond motifs is 1. The molecule has 0 spiro atoms. The van der Waals surface area contributed by atoms with Crippen LogP contribution in [0.15, 0.2) is 17.3 Å². The summed E-state index contributed by atoms with van der Waals surface area (Å²) in [6.07, 6.45) is 2.60. The molecule has 0 amide bonds. The van der Waals surface area contributed by atoms with Gasteiger partial charge in [-0.1, -0.05) is 0 Å². The van der Waals surface area contributed by atoms with E-state index in [1.807, 2.05) is 0 Å². The van der Waals surface area contributed by atoms with Gasteiger partial charge in [-0.2, -0.15) is 4.98 Å². The number of H-pyrrole nitrogens is 1. The molecule has 2 rings (SSSR count). The molecule has 0 aromatic carbocycles. The Morgan fingerprint density at radius 2 is 2.33 bits per heavy atom. The summed E-state index contributed by atoms with van der Waals surface area (Å²) in [4.78, 5) is 29.0. The zero-order valence-corrected chi connectivity index (χ0v) is 7.67. The first-order valence-corrected chi connectivity index (χ1v) is 4.29. The molecule has 0 saturated heterocycles. The fraction of sp³-hybridized carbons (Fsp3) is 0.250. The first-order valence-electron chi connectivity index (χ1n) is 4.29. The summed E-state index contributed by atoms with van der Waals surface area (Å²) in [7, 11) is 0. The predicted octanol–water partition coefficient (Wildman–Crippen LogP) is -0.454. The van der Waals surface area contributed by atoms with Gasteiger partial charge in [0.25, 0.3) is 5.56 Å². The van der Waals surface area contributed by atoms with Gasteiger partial charge in [0.1, 0.15) is 11.9 Å². The highest BCUT2D eigenvalue weighted by Crippen LogP contribution is 2.12. The van der Waals surface area contributed by atoms with Gasteiger partial charge in [-0.3, -0.25) is 14.3 Å². The van der Waals surface area contributed by atoms with E-state index in [1.54, 1.807) is 0 Å². The molecular formula is C8H8N4O3. The topological polar surface area (TPSA) is 101 Å². The van der Waals surface area contributed by atoms with Crippen molar-refractivity contribution < 1.29 is 9.90 Å². The Labute approximate surface area is 83.7 Å². The van der Waals surface area contributed by atoms with Gasteiger partial charge in [0.15, 0.2) is 5.82 Å². The minimum Gasteiger partial charge on any atom is -0.481 e. The van der Waals surface area contributed by atoms with Crippen molar-refractivity contribution in [3.05, 3.63) is 22.9 Å². The maximum Gasteiger partial charge on any atom is 0.305 e. The van der Waals surface area contributed by atoms with Crippen molar-refractivity contribution in [2.75, 3.05) is 0 Å². The molecule has 15 heavy (non-hydrogen) atoms. The lowest BCUT2D eigenvalue weighted by molar-refractivity contribution is -0.137. The third kappa shape index (κ3) is 1.71. The van der Waals surface area contributed by atoms with Gasteiger partial charge in [0, 0.05) is 6.20 Å². The van der Waals surface area contributed by atoms with Crippen molar-refractivity contribution in [3.8, 4) is 11.4 Å². The first kappa shape index (κ1) is 9.38. The Bertz CT molecular complexity index is 515. The molecule has 0 aliphatic carbocycles. The highest BCUT2D eigenvalue weighted by Gasteiger charge is 2.13. The highest BCUT2D eigenvalue weighted by molar-refractivity contribution is 5.66. The normalized spacial score (nSPS) is 10.7. The molecule has 7 nitrogen and oxygen atoms in total. The van der Waals surface area contributed by atoms with Crippen LogP contribution < -0.4 is 5.56 Å². The summed E-state index contributed by atoms with van der Waals surface area (Å²) in [5.41, 5.74) is -0.00628. The van der Waals surface area contributed by atoms with Crippen LogP contribution in [0.1, 0.15) is 6.42 Å². The fourth-order valence-corrected chi connectivity index (χ4v) is 1.29. The number of aliphatic carboxylic acids is 1. The minimum absolute atomic E-state index is 0.0293. The van der Waals surface area contributed by atoms with E-state index in [0.29, 0.717) is 11.4 Å². The van der Waals surface area contributed by atoms with Crippen molar-refractivity contribution in [2.45, 2.75) is 13.0 Å². The molecular weight excluding hydrogens is 200 g/mol. The molecule has 0 atom stereocenters. The van der Waals surface area contributed by atoms with Crippen molar-refractivity contribution in [3.63, 3.8) is 0 Å². The highest BCUT2D eigenvalue weighted by atomic mass is 16.4. The molecule has 0 unspecified atom stereocenters.